The molecule has 0 aromatic heterocycles. The number of nitrogens with zero attached hydrogens (tertiary/aromatic N) is 1. The fourth-order valence-corrected chi connectivity index (χ4v) is 2.63. The number of nitrogens with two attached hydrogens (primary N) is 1. The smallest absolute Gasteiger partial charge is 0.124 e. The largest absolute Gasteiger partial charge is 0.384 e. The highest BCUT2D eigenvalue weighted by molar-refractivity contribution is 6.00. The maximum atomic E-state index is 7.72. The molecular weight excluding hydrogens is 234 g/mol. The van der Waals surface area contributed by atoms with Gasteiger partial charge in [-0.3, -0.25) is 5.41 Å². The first-order valence-corrected chi connectivity index (χ1v) is 6.42. The summed E-state index contributed by atoms with van der Waals surface area (Å²) in [4.78, 5) is 2.29. The number of nitrogens with one attached hydrogen (secondary N) is 1. The zero-order valence-corrected chi connectivity index (χ0v) is 11.0. The van der Waals surface area contributed by atoms with Gasteiger partial charge in [0.2, 0.25) is 0 Å². The molecule has 19 heavy (non-hydrogen) atoms. The Morgan fingerprint density at radius 2 is 1.74 bits per heavy atom. The standard InChI is InChI=1S/C16H17N3/c1-11-6-7-14(16(17)18)15(8-11)19-9-12-4-2-3-5-13(12)10-19/h2-8H,9-10H2,1H3,(H3,17,18). The van der Waals surface area contributed by atoms with Crippen LogP contribution in [0.15, 0.2) is 42.5 Å². The minimum Gasteiger partial charge on any atom is -0.384 e. The van der Waals surface area contributed by atoms with Crippen molar-refractivity contribution in [1.29, 1.82) is 5.41 Å². The van der Waals surface area contributed by atoms with E-state index in [-0.39, 0.29) is 5.84 Å². The summed E-state index contributed by atoms with van der Waals surface area (Å²) < 4.78 is 0. The van der Waals surface area contributed by atoms with Crippen molar-refractivity contribution in [3.8, 4) is 0 Å². The zero-order chi connectivity index (χ0) is 13.4. The van der Waals surface area contributed by atoms with E-state index in [4.69, 9.17) is 11.1 Å². The number of benzene rings is 2. The molecule has 0 spiro atoms. The first-order chi connectivity index (χ1) is 9.15. The van der Waals surface area contributed by atoms with E-state index in [1.54, 1.807) is 0 Å². The van der Waals surface area contributed by atoms with Gasteiger partial charge < -0.3 is 10.6 Å². The van der Waals surface area contributed by atoms with Gasteiger partial charge in [0.1, 0.15) is 5.84 Å². The number of amidine groups is 1. The Morgan fingerprint density at radius 1 is 1.11 bits per heavy atom. The molecule has 3 N–H and O–H groups in total. The molecule has 0 radical (unpaired) electrons. The van der Waals surface area contributed by atoms with E-state index in [9.17, 15) is 0 Å². The molecule has 3 nitrogen and oxygen atoms in total. The fourth-order valence-electron chi connectivity index (χ4n) is 2.63. The van der Waals surface area contributed by atoms with Gasteiger partial charge in [-0.2, -0.15) is 0 Å². The molecule has 3 heteroatoms. The fraction of sp³-hybridized carbons (Fsp3) is 0.188. The van der Waals surface area contributed by atoms with E-state index in [2.05, 4.69) is 42.2 Å². The number of hydrogen-bond acceptors (Lipinski definition) is 2. The number of aryl methyl sites for hydroxylation is 1. The number of anilines is 1. The van der Waals surface area contributed by atoms with Crippen LogP contribution in [0.25, 0.3) is 0 Å². The van der Waals surface area contributed by atoms with Gasteiger partial charge in [0, 0.05) is 24.3 Å². The third-order valence-electron chi connectivity index (χ3n) is 3.62. The van der Waals surface area contributed by atoms with Crippen molar-refractivity contribution in [2.75, 3.05) is 4.90 Å². The Kier molecular flexibility index (Phi) is 2.75. The Balaban J connectivity index is 2.01. The van der Waals surface area contributed by atoms with Crippen LogP contribution in [0.1, 0.15) is 22.3 Å². The van der Waals surface area contributed by atoms with Crippen LogP contribution in [0, 0.1) is 12.3 Å². The van der Waals surface area contributed by atoms with Crippen LogP contribution in [0.2, 0.25) is 0 Å². The van der Waals surface area contributed by atoms with Crippen molar-refractivity contribution in [3.05, 3.63) is 64.7 Å². The summed E-state index contributed by atoms with van der Waals surface area (Å²) in [6.45, 7) is 3.84. The molecule has 0 saturated carbocycles. The summed E-state index contributed by atoms with van der Waals surface area (Å²) in [5.41, 5.74) is 11.5. The molecule has 0 fully saturated rings. The summed E-state index contributed by atoms with van der Waals surface area (Å²) in [6.07, 6.45) is 0. The average molecular weight is 251 g/mol. The molecule has 96 valence electrons. The van der Waals surface area contributed by atoms with Crippen molar-refractivity contribution >= 4 is 11.5 Å². The van der Waals surface area contributed by atoms with E-state index >= 15 is 0 Å². The van der Waals surface area contributed by atoms with E-state index in [0.29, 0.717) is 0 Å². The van der Waals surface area contributed by atoms with Crippen LogP contribution >= 0.6 is 0 Å². The minimum absolute atomic E-state index is 0.131. The van der Waals surface area contributed by atoms with Crippen molar-refractivity contribution in [3.63, 3.8) is 0 Å². The topological polar surface area (TPSA) is 53.1 Å². The Labute approximate surface area is 113 Å². The van der Waals surface area contributed by atoms with Gasteiger partial charge in [-0.1, -0.05) is 30.3 Å². The molecule has 0 unspecified atom stereocenters. The van der Waals surface area contributed by atoms with E-state index < -0.39 is 0 Å². The molecule has 0 amide bonds. The maximum Gasteiger partial charge on any atom is 0.124 e. The lowest BCUT2D eigenvalue weighted by Crippen LogP contribution is -2.21. The number of rotatable bonds is 2. The van der Waals surface area contributed by atoms with Gasteiger partial charge in [-0.05, 0) is 35.7 Å². The summed E-state index contributed by atoms with van der Waals surface area (Å²) in [6, 6.07) is 14.5. The highest BCUT2D eigenvalue weighted by atomic mass is 15.1. The number of fused-ring (bicyclic) bond motifs is 1. The Morgan fingerprint density at radius 3 is 2.32 bits per heavy atom. The third-order valence-corrected chi connectivity index (χ3v) is 3.62. The highest BCUT2D eigenvalue weighted by Gasteiger charge is 2.21. The van der Waals surface area contributed by atoms with Gasteiger partial charge in [-0.25, -0.2) is 0 Å². The zero-order valence-electron chi connectivity index (χ0n) is 11.0. The lowest BCUT2D eigenvalue weighted by molar-refractivity contribution is 0.878. The number of hydrogen-bond donors (Lipinski definition) is 2. The molecule has 1 heterocycles. The lowest BCUT2D eigenvalue weighted by atomic mass is 10.1. The van der Waals surface area contributed by atoms with Gasteiger partial charge in [0.15, 0.2) is 0 Å². The normalized spacial score (nSPS) is 13.4. The predicted molar refractivity (Wildman–Crippen MR) is 78.5 cm³/mol. The summed E-state index contributed by atoms with van der Waals surface area (Å²) >= 11 is 0. The average Bonchev–Trinajstić information content (AvgIpc) is 2.81. The summed E-state index contributed by atoms with van der Waals surface area (Å²) in [5, 5.41) is 7.72. The molecular formula is C16H17N3. The first kappa shape index (κ1) is 11.8. The van der Waals surface area contributed by atoms with Crippen molar-refractivity contribution < 1.29 is 0 Å². The SMILES string of the molecule is Cc1ccc(C(=N)N)c(N2Cc3ccccc3C2)c1. The molecule has 0 bridgehead atoms. The molecule has 1 aliphatic heterocycles. The van der Waals surface area contributed by atoms with E-state index in [1.165, 1.54) is 16.7 Å². The summed E-state index contributed by atoms with van der Waals surface area (Å²) in [5.74, 6) is 0.131. The number of nitrogen functional groups attached to an aromatic ring is 1. The van der Waals surface area contributed by atoms with Gasteiger partial charge in [0.25, 0.3) is 0 Å². The van der Waals surface area contributed by atoms with Crippen molar-refractivity contribution in [1.82, 2.24) is 0 Å². The van der Waals surface area contributed by atoms with Crippen molar-refractivity contribution in [2.24, 2.45) is 5.73 Å². The second-order valence-corrected chi connectivity index (χ2v) is 5.06. The van der Waals surface area contributed by atoms with Crippen LogP contribution in [0.4, 0.5) is 5.69 Å². The lowest BCUT2D eigenvalue weighted by Gasteiger charge is -2.21. The molecule has 0 aliphatic carbocycles. The van der Waals surface area contributed by atoms with Gasteiger partial charge in [-0.15, -0.1) is 0 Å². The second kappa shape index (κ2) is 4.43. The van der Waals surface area contributed by atoms with Gasteiger partial charge in [0.05, 0.1) is 0 Å². The molecule has 2 aromatic carbocycles. The van der Waals surface area contributed by atoms with E-state index in [0.717, 1.165) is 24.3 Å². The minimum atomic E-state index is 0.131. The van der Waals surface area contributed by atoms with Crippen LogP contribution in [-0.2, 0) is 13.1 Å². The van der Waals surface area contributed by atoms with E-state index in [1.807, 2.05) is 12.1 Å². The molecule has 0 atom stereocenters. The maximum absolute atomic E-state index is 7.72. The molecule has 0 saturated heterocycles. The third kappa shape index (κ3) is 2.08. The van der Waals surface area contributed by atoms with Crippen LogP contribution < -0.4 is 10.6 Å². The quantitative estimate of drug-likeness (QED) is 0.637. The summed E-state index contributed by atoms with van der Waals surface area (Å²) in [7, 11) is 0. The van der Waals surface area contributed by atoms with Crippen molar-refractivity contribution in [2.45, 2.75) is 20.0 Å². The van der Waals surface area contributed by atoms with Gasteiger partial charge >= 0.3 is 0 Å². The Hall–Kier alpha value is -2.29. The molecule has 2 aromatic rings. The predicted octanol–water partition coefficient (Wildman–Crippen LogP) is 2.80. The van der Waals surface area contributed by atoms with Crippen LogP contribution in [0.5, 0.6) is 0 Å². The second-order valence-electron chi connectivity index (χ2n) is 5.06. The van der Waals surface area contributed by atoms with Crippen LogP contribution in [-0.4, -0.2) is 5.84 Å². The first-order valence-electron chi connectivity index (χ1n) is 6.42. The highest BCUT2D eigenvalue weighted by Crippen LogP contribution is 2.31. The van der Waals surface area contributed by atoms with Crippen LogP contribution in [0.3, 0.4) is 0 Å². The monoisotopic (exact) mass is 251 g/mol. The molecule has 3 rings (SSSR count). The molecule has 1 aliphatic rings. The Bertz CT molecular complexity index is 621.